The van der Waals surface area contributed by atoms with Gasteiger partial charge in [-0.25, -0.2) is 0 Å². The molecule has 1 aromatic heterocycles. The summed E-state index contributed by atoms with van der Waals surface area (Å²) in [5.74, 6) is 0. The summed E-state index contributed by atoms with van der Waals surface area (Å²) in [5, 5.41) is 1.71. The molecule has 5 heteroatoms. The van der Waals surface area contributed by atoms with Crippen LogP contribution in [0.3, 0.4) is 0 Å². The fourth-order valence-electron chi connectivity index (χ4n) is 0.222. The van der Waals surface area contributed by atoms with Crippen LogP contribution in [0.4, 0.5) is 0 Å². The quantitative estimate of drug-likeness (QED) is 0.535. The fraction of sp³-hybridized carbons (Fsp3) is 0. The Morgan fingerprint density at radius 1 is 1.62 bits per heavy atom. The zero-order valence-corrected chi connectivity index (χ0v) is 5.01. The molecule has 0 unspecified atom stereocenters. The molecule has 8 heavy (non-hydrogen) atoms. The summed E-state index contributed by atoms with van der Waals surface area (Å²) in [7, 11) is 0. The third-order valence-corrected chi connectivity index (χ3v) is 1.04. The maximum Gasteiger partial charge on any atom is 0.316 e. The van der Waals surface area contributed by atoms with Crippen LogP contribution in [0, 0.1) is 0 Å². The molecular formula is C3H6ClMgNOS. The summed E-state index contributed by atoms with van der Waals surface area (Å²) in [4.78, 5) is 10.0. The van der Waals surface area contributed by atoms with Gasteiger partial charge < -0.3 is 0 Å². The van der Waals surface area contributed by atoms with Crippen molar-refractivity contribution in [1.82, 2.24) is 4.37 Å². The zero-order chi connectivity index (χ0) is 4.41. The van der Waals surface area contributed by atoms with E-state index in [1.54, 1.807) is 5.38 Å². The highest BCUT2D eigenvalue weighted by Gasteiger charge is 1.72. The maximum absolute atomic E-state index is 10.0. The Morgan fingerprint density at radius 2 is 2.25 bits per heavy atom. The van der Waals surface area contributed by atoms with E-state index in [2.05, 4.69) is 4.37 Å². The van der Waals surface area contributed by atoms with Crippen molar-refractivity contribution in [3.63, 3.8) is 0 Å². The van der Waals surface area contributed by atoms with E-state index in [0.29, 0.717) is 0 Å². The molecule has 44 valence electrons. The minimum absolute atomic E-state index is 0. The zero-order valence-electron chi connectivity index (χ0n) is 3.38. The van der Waals surface area contributed by atoms with Gasteiger partial charge in [0.2, 0.25) is 0 Å². The lowest BCUT2D eigenvalue weighted by Crippen LogP contribution is -1.90. The predicted octanol–water partition coefficient (Wildman–Crippen LogP) is -0.0580. The van der Waals surface area contributed by atoms with Gasteiger partial charge in [0, 0.05) is 11.4 Å². The first-order chi connectivity index (χ1) is 2.89. The van der Waals surface area contributed by atoms with Crippen LogP contribution in [-0.2, 0) is 0 Å². The maximum atomic E-state index is 10.0. The number of rotatable bonds is 0. The van der Waals surface area contributed by atoms with Gasteiger partial charge in [-0.2, -0.15) is 0 Å². The van der Waals surface area contributed by atoms with Crippen LogP contribution in [0.1, 0.15) is 0 Å². The molecular weight excluding hydrogens is 158 g/mol. The average molecular weight is 164 g/mol. The van der Waals surface area contributed by atoms with Gasteiger partial charge in [0.15, 0.2) is 0 Å². The van der Waals surface area contributed by atoms with E-state index < -0.39 is 0 Å². The van der Waals surface area contributed by atoms with Gasteiger partial charge in [0.25, 0.3) is 5.56 Å². The number of aromatic amines is 1. The number of aromatic nitrogens is 1. The molecule has 2 nitrogen and oxygen atoms in total. The second-order valence-corrected chi connectivity index (χ2v) is 1.60. The molecule has 0 atom stereocenters. The summed E-state index contributed by atoms with van der Waals surface area (Å²) < 4.78 is 2.49. The Balaban J connectivity index is 0. The summed E-state index contributed by atoms with van der Waals surface area (Å²) in [6.45, 7) is 0. The normalized spacial score (nSPS) is 6.50. The lowest BCUT2D eigenvalue weighted by Gasteiger charge is -1.49. The van der Waals surface area contributed by atoms with Crippen molar-refractivity contribution in [2.24, 2.45) is 0 Å². The van der Waals surface area contributed by atoms with Crippen molar-refractivity contribution < 1.29 is 0 Å². The highest BCUT2D eigenvalue weighted by atomic mass is 35.5. The van der Waals surface area contributed by atoms with E-state index in [1.807, 2.05) is 0 Å². The summed E-state index contributed by atoms with van der Waals surface area (Å²) in [6.07, 6.45) is 0. The number of hydrogen-bond donors (Lipinski definition) is 1. The average Bonchev–Trinajstić information content (AvgIpc) is 1.86. The monoisotopic (exact) mass is 163 g/mol. The Labute approximate surface area is 73.0 Å². The van der Waals surface area contributed by atoms with Crippen molar-refractivity contribution in [3.05, 3.63) is 21.8 Å². The first-order valence-electron chi connectivity index (χ1n) is 1.52. The largest absolute Gasteiger partial charge is 0.316 e. The SMILES string of the molecule is Cl.O=c1ccs[nH]1.[MgH2]. The van der Waals surface area contributed by atoms with Crippen LogP contribution in [0.15, 0.2) is 16.2 Å². The fourth-order valence-corrected chi connectivity index (χ4v) is 0.666. The molecule has 1 heterocycles. The molecule has 0 saturated carbocycles. The second-order valence-electron chi connectivity index (χ2n) is 0.887. The van der Waals surface area contributed by atoms with Crippen LogP contribution in [-0.4, -0.2) is 27.4 Å². The van der Waals surface area contributed by atoms with Gasteiger partial charge in [-0.05, 0) is 0 Å². The molecule has 0 aromatic carbocycles. The van der Waals surface area contributed by atoms with E-state index in [-0.39, 0.29) is 41.0 Å². The number of nitrogens with one attached hydrogen (secondary N) is 1. The topological polar surface area (TPSA) is 32.9 Å². The molecule has 0 spiro atoms. The van der Waals surface area contributed by atoms with Gasteiger partial charge >= 0.3 is 23.1 Å². The number of H-pyrrole nitrogens is 1. The molecule has 0 fully saturated rings. The van der Waals surface area contributed by atoms with E-state index >= 15 is 0 Å². The van der Waals surface area contributed by atoms with Crippen LogP contribution in [0.5, 0.6) is 0 Å². The van der Waals surface area contributed by atoms with Gasteiger partial charge in [-0.3, -0.25) is 9.17 Å². The van der Waals surface area contributed by atoms with Crippen molar-refractivity contribution in [2.45, 2.75) is 0 Å². The van der Waals surface area contributed by atoms with Crippen molar-refractivity contribution in [3.8, 4) is 0 Å². The van der Waals surface area contributed by atoms with Crippen LogP contribution in [0.2, 0.25) is 0 Å². The highest BCUT2D eigenvalue weighted by Crippen LogP contribution is 1.77. The highest BCUT2D eigenvalue weighted by molar-refractivity contribution is 7.03. The lowest BCUT2D eigenvalue weighted by molar-refractivity contribution is 1.43. The Bertz CT molecular complexity index is 157. The number of halogens is 1. The number of hydrogen-bond acceptors (Lipinski definition) is 2. The van der Waals surface area contributed by atoms with Gasteiger partial charge in [-0.15, -0.1) is 12.4 Å². The minimum Gasteiger partial charge on any atom is -0.278 e. The molecule has 1 N–H and O–H groups in total. The van der Waals surface area contributed by atoms with Crippen molar-refractivity contribution >= 4 is 47.0 Å². The van der Waals surface area contributed by atoms with Crippen LogP contribution in [0.25, 0.3) is 0 Å². The van der Waals surface area contributed by atoms with E-state index in [4.69, 9.17) is 0 Å². The Morgan fingerprint density at radius 3 is 2.38 bits per heavy atom. The first kappa shape index (κ1) is 11.3. The predicted molar refractivity (Wildman–Crippen MR) is 40.7 cm³/mol. The van der Waals surface area contributed by atoms with Gasteiger partial charge in [0.1, 0.15) is 0 Å². The van der Waals surface area contributed by atoms with E-state index in [9.17, 15) is 4.79 Å². The van der Waals surface area contributed by atoms with Crippen LogP contribution >= 0.6 is 23.9 Å². The molecule has 0 aliphatic carbocycles. The summed E-state index contributed by atoms with van der Waals surface area (Å²) >= 11 is 1.30. The molecule has 0 saturated heterocycles. The van der Waals surface area contributed by atoms with Crippen molar-refractivity contribution in [1.29, 1.82) is 0 Å². The Hall–Kier alpha value is 0.486. The molecule has 0 amide bonds. The first-order valence-corrected chi connectivity index (χ1v) is 2.40. The summed E-state index contributed by atoms with van der Waals surface area (Å²) in [5.41, 5.74) is -0.0139. The second kappa shape index (κ2) is 5.62. The molecule has 0 radical (unpaired) electrons. The molecule has 0 bridgehead atoms. The third-order valence-electron chi connectivity index (χ3n) is 0.447. The minimum atomic E-state index is -0.0139. The van der Waals surface area contributed by atoms with Gasteiger partial charge in [-0.1, -0.05) is 11.5 Å². The van der Waals surface area contributed by atoms with Crippen LogP contribution < -0.4 is 5.56 Å². The standard InChI is InChI=1S/C3H3NOS.ClH.Mg.2H/c5-3-1-2-6-4-3;;;;/h1-2H,(H,4,5);1H;;;. The van der Waals surface area contributed by atoms with Gasteiger partial charge in [0.05, 0.1) is 0 Å². The third kappa shape index (κ3) is 3.48. The smallest absolute Gasteiger partial charge is 0.278 e. The Kier molecular flexibility index (Phi) is 7.94. The molecule has 0 aliphatic heterocycles. The van der Waals surface area contributed by atoms with Crippen molar-refractivity contribution in [2.75, 3.05) is 0 Å². The molecule has 0 aliphatic rings. The lowest BCUT2D eigenvalue weighted by atomic mass is 10.8. The van der Waals surface area contributed by atoms with E-state index in [0.717, 1.165) is 0 Å². The summed E-state index contributed by atoms with van der Waals surface area (Å²) in [6, 6.07) is 1.49. The molecule has 1 aromatic rings. The molecule has 1 rings (SSSR count). The van der Waals surface area contributed by atoms with E-state index in [1.165, 1.54) is 17.6 Å².